The minimum atomic E-state index is -1.06. The minimum Gasteiger partial charge on any atom is -0.476 e. The molecule has 0 aromatic carbocycles. The minimum absolute atomic E-state index is 0.0392. The molecule has 98 valence electrons. The van der Waals surface area contributed by atoms with Crippen LogP contribution in [0.2, 0.25) is 0 Å². The molecule has 1 aliphatic heterocycles. The number of piperidine rings is 1. The zero-order valence-electron chi connectivity index (χ0n) is 10.1. The van der Waals surface area contributed by atoms with Crippen LogP contribution in [0.15, 0.2) is 12.1 Å². The lowest BCUT2D eigenvalue weighted by Gasteiger charge is -2.33. The van der Waals surface area contributed by atoms with Crippen LogP contribution in [0.3, 0.4) is 0 Å². The highest BCUT2D eigenvalue weighted by Gasteiger charge is 2.21. The van der Waals surface area contributed by atoms with Gasteiger partial charge in [-0.2, -0.15) is 0 Å². The molecule has 1 unspecified atom stereocenters. The van der Waals surface area contributed by atoms with E-state index in [-0.39, 0.29) is 12.3 Å². The number of rotatable bonds is 4. The summed E-state index contributed by atoms with van der Waals surface area (Å²) >= 11 is 0. The Morgan fingerprint density at radius 1 is 1.44 bits per heavy atom. The quantitative estimate of drug-likeness (QED) is 0.822. The Kier molecular flexibility index (Phi) is 4.09. The SMILES string of the molecule is O=C(O)c1ccc(N2CCCC(CCO)C2)nn1. The first kappa shape index (κ1) is 12.8. The van der Waals surface area contributed by atoms with Crippen molar-refractivity contribution < 1.29 is 15.0 Å². The van der Waals surface area contributed by atoms with Gasteiger partial charge in [0.15, 0.2) is 11.5 Å². The normalized spacial score (nSPS) is 19.8. The van der Waals surface area contributed by atoms with Gasteiger partial charge in [0.1, 0.15) is 0 Å². The fourth-order valence-electron chi connectivity index (χ4n) is 2.30. The van der Waals surface area contributed by atoms with Gasteiger partial charge >= 0.3 is 5.97 Å². The van der Waals surface area contributed by atoms with Gasteiger partial charge in [0.05, 0.1) is 0 Å². The fraction of sp³-hybridized carbons (Fsp3) is 0.583. The molecule has 1 fully saturated rings. The van der Waals surface area contributed by atoms with E-state index in [2.05, 4.69) is 15.1 Å². The van der Waals surface area contributed by atoms with Crippen molar-refractivity contribution in [2.75, 3.05) is 24.6 Å². The number of carboxylic acids is 1. The van der Waals surface area contributed by atoms with Crippen molar-refractivity contribution in [1.82, 2.24) is 10.2 Å². The Morgan fingerprint density at radius 2 is 2.28 bits per heavy atom. The Hall–Kier alpha value is -1.69. The van der Waals surface area contributed by atoms with E-state index in [0.29, 0.717) is 11.7 Å². The number of aliphatic hydroxyl groups excluding tert-OH is 1. The predicted molar refractivity (Wildman–Crippen MR) is 65.6 cm³/mol. The van der Waals surface area contributed by atoms with E-state index in [4.69, 9.17) is 10.2 Å². The zero-order valence-corrected chi connectivity index (χ0v) is 10.1. The van der Waals surface area contributed by atoms with Crippen LogP contribution in [-0.2, 0) is 0 Å². The third kappa shape index (κ3) is 2.95. The van der Waals surface area contributed by atoms with E-state index in [0.717, 1.165) is 32.4 Å². The molecule has 18 heavy (non-hydrogen) atoms. The van der Waals surface area contributed by atoms with Crippen molar-refractivity contribution in [1.29, 1.82) is 0 Å². The van der Waals surface area contributed by atoms with Crippen molar-refractivity contribution in [2.45, 2.75) is 19.3 Å². The van der Waals surface area contributed by atoms with Gasteiger partial charge in [0, 0.05) is 19.7 Å². The smallest absolute Gasteiger partial charge is 0.356 e. The second-order valence-corrected chi connectivity index (χ2v) is 4.55. The number of carbonyl (C=O) groups is 1. The molecule has 0 amide bonds. The van der Waals surface area contributed by atoms with Gasteiger partial charge < -0.3 is 15.1 Å². The summed E-state index contributed by atoms with van der Waals surface area (Å²) in [6.45, 7) is 1.97. The first-order chi connectivity index (χ1) is 8.70. The Bertz CT molecular complexity index is 406. The third-order valence-electron chi connectivity index (χ3n) is 3.25. The number of hydrogen-bond acceptors (Lipinski definition) is 5. The molecule has 0 bridgehead atoms. The molecule has 0 aliphatic carbocycles. The number of aromatic carboxylic acids is 1. The largest absolute Gasteiger partial charge is 0.476 e. The average Bonchev–Trinajstić information content (AvgIpc) is 2.39. The third-order valence-corrected chi connectivity index (χ3v) is 3.25. The summed E-state index contributed by atoms with van der Waals surface area (Å²) in [6, 6.07) is 3.16. The van der Waals surface area contributed by atoms with Crippen LogP contribution in [0.5, 0.6) is 0 Å². The topological polar surface area (TPSA) is 86.5 Å². The van der Waals surface area contributed by atoms with E-state index in [1.54, 1.807) is 6.07 Å². The summed E-state index contributed by atoms with van der Waals surface area (Å²) in [5.74, 6) is 0.123. The Morgan fingerprint density at radius 3 is 2.89 bits per heavy atom. The maximum Gasteiger partial charge on any atom is 0.356 e. The van der Waals surface area contributed by atoms with Gasteiger partial charge in [-0.15, -0.1) is 10.2 Å². The number of carboxylic acid groups (broad SMARTS) is 1. The first-order valence-corrected chi connectivity index (χ1v) is 6.13. The monoisotopic (exact) mass is 251 g/mol. The standard InChI is InChI=1S/C12H17N3O3/c16-7-5-9-2-1-6-15(8-9)11-4-3-10(12(17)18)13-14-11/h3-4,9,16H,1-2,5-8H2,(H,17,18). The molecule has 0 radical (unpaired) electrons. The molecule has 1 atom stereocenters. The van der Waals surface area contributed by atoms with Crippen molar-refractivity contribution in [3.63, 3.8) is 0 Å². The number of nitrogens with zero attached hydrogens (tertiary/aromatic N) is 3. The summed E-state index contributed by atoms with van der Waals surface area (Å²) in [6.07, 6.45) is 2.99. The van der Waals surface area contributed by atoms with E-state index in [9.17, 15) is 4.79 Å². The van der Waals surface area contributed by atoms with Crippen molar-refractivity contribution in [3.05, 3.63) is 17.8 Å². The van der Waals surface area contributed by atoms with Gasteiger partial charge in [0.2, 0.25) is 0 Å². The van der Waals surface area contributed by atoms with Crippen LogP contribution < -0.4 is 4.90 Å². The average molecular weight is 251 g/mol. The number of aliphatic hydroxyl groups is 1. The second-order valence-electron chi connectivity index (χ2n) is 4.55. The summed E-state index contributed by atoms with van der Waals surface area (Å²) < 4.78 is 0. The summed E-state index contributed by atoms with van der Waals surface area (Å²) in [5, 5.41) is 25.3. The van der Waals surface area contributed by atoms with Crippen LogP contribution in [0.1, 0.15) is 29.8 Å². The number of aromatic nitrogens is 2. The van der Waals surface area contributed by atoms with Crippen LogP contribution in [0.25, 0.3) is 0 Å². The molecule has 0 saturated carbocycles. The van der Waals surface area contributed by atoms with Gasteiger partial charge in [-0.05, 0) is 37.3 Å². The maximum atomic E-state index is 10.7. The molecule has 0 spiro atoms. The first-order valence-electron chi connectivity index (χ1n) is 6.13. The molecular weight excluding hydrogens is 234 g/mol. The highest BCUT2D eigenvalue weighted by atomic mass is 16.4. The van der Waals surface area contributed by atoms with E-state index in [1.807, 2.05) is 0 Å². The highest BCUT2D eigenvalue weighted by Crippen LogP contribution is 2.23. The Balaban J connectivity index is 2.04. The molecule has 2 heterocycles. The van der Waals surface area contributed by atoms with E-state index in [1.165, 1.54) is 6.07 Å². The number of anilines is 1. The lowest BCUT2D eigenvalue weighted by molar-refractivity contribution is 0.0689. The van der Waals surface area contributed by atoms with Crippen molar-refractivity contribution >= 4 is 11.8 Å². The molecule has 6 heteroatoms. The van der Waals surface area contributed by atoms with Crippen LogP contribution >= 0.6 is 0 Å². The molecule has 1 aromatic heterocycles. The van der Waals surface area contributed by atoms with E-state index >= 15 is 0 Å². The lowest BCUT2D eigenvalue weighted by Crippen LogP contribution is -2.36. The molecule has 6 nitrogen and oxygen atoms in total. The zero-order chi connectivity index (χ0) is 13.0. The van der Waals surface area contributed by atoms with Gasteiger partial charge in [-0.3, -0.25) is 0 Å². The van der Waals surface area contributed by atoms with Gasteiger partial charge in [0.25, 0.3) is 0 Å². The summed E-state index contributed by atoms with van der Waals surface area (Å²) in [7, 11) is 0. The maximum absolute atomic E-state index is 10.7. The summed E-state index contributed by atoms with van der Waals surface area (Å²) in [4.78, 5) is 12.8. The molecular formula is C12H17N3O3. The second kappa shape index (κ2) is 5.77. The molecule has 1 saturated heterocycles. The fourth-order valence-corrected chi connectivity index (χ4v) is 2.30. The van der Waals surface area contributed by atoms with Crippen molar-refractivity contribution in [2.24, 2.45) is 5.92 Å². The van der Waals surface area contributed by atoms with Gasteiger partial charge in [-0.25, -0.2) is 4.79 Å². The highest BCUT2D eigenvalue weighted by molar-refractivity contribution is 5.85. The molecule has 1 aromatic rings. The van der Waals surface area contributed by atoms with Crippen LogP contribution in [0.4, 0.5) is 5.82 Å². The van der Waals surface area contributed by atoms with Crippen LogP contribution in [0, 0.1) is 5.92 Å². The Labute approximate surface area is 105 Å². The molecule has 1 aliphatic rings. The number of hydrogen-bond donors (Lipinski definition) is 2. The predicted octanol–water partition coefficient (Wildman–Crippen LogP) is 0.774. The lowest BCUT2D eigenvalue weighted by atomic mass is 9.95. The van der Waals surface area contributed by atoms with Crippen molar-refractivity contribution in [3.8, 4) is 0 Å². The van der Waals surface area contributed by atoms with E-state index < -0.39 is 5.97 Å². The van der Waals surface area contributed by atoms with Crippen LogP contribution in [-0.4, -0.2) is 46.1 Å². The summed E-state index contributed by atoms with van der Waals surface area (Å²) in [5.41, 5.74) is -0.0392. The molecule has 2 N–H and O–H groups in total. The van der Waals surface area contributed by atoms with Gasteiger partial charge in [-0.1, -0.05) is 0 Å². The molecule has 2 rings (SSSR count).